The van der Waals surface area contributed by atoms with Gasteiger partial charge in [0.25, 0.3) is 5.91 Å². The highest BCUT2D eigenvalue weighted by Crippen LogP contribution is 2.16. The molecule has 1 amide bonds. The SMILES string of the molecule is CC(C)N(C)CCCNC(=O)c1cc(N)ncc1Cl. The molecular weight excluding hydrogens is 264 g/mol. The summed E-state index contributed by atoms with van der Waals surface area (Å²) < 4.78 is 0. The molecule has 1 rings (SSSR count). The highest BCUT2D eigenvalue weighted by molar-refractivity contribution is 6.33. The normalized spacial score (nSPS) is 11.1. The van der Waals surface area contributed by atoms with Crippen LogP contribution in [-0.2, 0) is 0 Å². The molecule has 106 valence electrons. The largest absolute Gasteiger partial charge is 0.384 e. The van der Waals surface area contributed by atoms with Crippen LogP contribution in [0.3, 0.4) is 0 Å². The maximum Gasteiger partial charge on any atom is 0.252 e. The van der Waals surface area contributed by atoms with Crippen LogP contribution in [-0.4, -0.2) is 42.0 Å². The lowest BCUT2D eigenvalue weighted by Crippen LogP contribution is -2.31. The Bertz CT molecular complexity index is 437. The molecule has 6 heteroatoms. The highest BCUT2D eigenvalue weighted by atomic mass is 35.5. The van der Waals surface area contributed by atoms with Crippen LogP contribution in [0.15, 0.2) is 12.3 Å². The fourth-order valence-corrected chi connectivity index (χ4v) is 1.70. The van der Waals surface area contributed by atoms with Gasteiger partial charge in [0.2, 0.25) is 0 Å². The van der Waals surface area contributed by atoms with Gasteiger partial charge in [-0.1, -0.05) is 11.6 Å². The molecule has 5 nitrogen and oxygen atoms in total. The highest BCUT2D eigenvalue weighted by Gasteiger charge is 2.11. The van der Waals surface area contributed by atoms with E-state index in [2.05, 4.69) is 36.1 Å². The van der Waals surface area contributed by atoms with Crippen LogP contribution in [0.4, 0.5) is 5.82 Å². The van der Waals surface area contributed by atoms with E-state index in [0.717, 1.165) is 13.0 Å². The molecule has 0 aromatic carbocycles. The van der Waals surface area contributed by atoms with Gasteiger partial charge in [-0.2, -0.15) is 0 Å². The number of amides is 1. The third-order valence-corrected chi connectivity index (χ3v) is 3.28. The van der Waals surface area contributed by atoms with E-state index < -0.39 is 0 Å². The minimum atomic E-state index is -0.216. The third-order valence-electron chi connectivity index (χ3n) is 2.98. The van der Waals surface area contributed by atoms with Crippen molar-refractivity contribution in [3.8, 4) is 0 Å². The Hall–Kier alpha value is -1.33. The summed E-state index contributed by atoms with van der Waals surface area (Å²) in [5, 5.41) is 3.14. The van der Waals surface area contributed by atoms with Gasteiger partial charge in [-0.3, -0.25) is 4.79 Å². The second-order valence-electron chi connectivity index (χ2n) is 4.77. The number of pyridine rings is 1. The van der Waals surface area contributed by atoms with E-state index in [0.29, 0.717) is 23.2 Å². The summed E-state index contributed by atoms with van der Waals surface area (Å²) in [4.78, 5) is 17.9. The number of hydrogen-bond acceptors (Lipinski definition) is 4. The van der Waals surface area contributed by atoms with Crippen LogP contribution in [0.2, 0.25) is 5.02 Å². The fourth-order valence-electron chi connectivity index (χ4n) is 1.51. The van der Waals surface area contributed by atoms with Crippen molar-refractivity contribution in [2.45, 2.75) is 26.3 Å². The molecule has 1 heterocycles. The van der Waals surface area contributed by atoms with Gasteiger partial charge < -0.3 is 16.0 Å². The topological polar surface area (TPSA) is 71.2 Å². The number of rotatable bonds is 6. The second kappa shape index (κ2) is 7.31. The molecule has 0 spiro atoms. The Balaban J connectivity index is 2.41. The van der Waals surface area contributed by atoms with Gasteiger partial charge >= 0.3 is 0 Å². The van der Waals surface area contributed by atoms with Crippen LogP contribution >= 0.6 is 11.6 Å². The Kier molecular flexibility index (Phi) is 6.05. The van der Waals surface area contributed by atoms with Crippen molar-refractivity contribution in [3.63, 3.8) is 0 Å². The number of anilines is 1. The van der Waals surface area contributed by atoms with Crippen LogP contribution in [0.1, 0.15) is 30.6 Å². The maximum absolute atomic E-state index is 11.9. The molecule has 3 N–H and O–H groups in total. The van der Waals surface area contributed by atoms with E-state index in [9.17, 15) is 4.79 Å². The molecule has 1 aromatic rings. The molecule has 1 aromatic heterocycles. The smallest absolute Gasteiger partial charge is 0.252 e. The summed E-state index contributed by atoms with van der Waals surface area (Å²) in [6.07, 6.45) is 2.27. The molecule has 0 fully saturated rings. The zero-order chi connectivity index (χ0) is 14.4. The van der Waals surface area contributed by atoms with Gasteiger partial charge in [-0.15, -0.1) is 0 Å². The summed E-state index contributed by atoms with van der Waals surface area (Å²) in [6.45, 7) is 5.81. The molecule has 19 heavy (non-hydrogen) atoms. The first kappa shape index (κ1) is 15.7. The first-order valence-corrected chi connectivity index (χ1v) is 6.69. The predicted octanol–water partition coefficient (Wildman–Crippen LogP) is 1.78. The third kappa shape index (κ3) is 5.04. The fraction of sp³-hybridized carbons (Fsp3) is 0.538. The van der Waals surface area contributed by atoms with E-state index in [1.165, 1.54) is 12.3 Å². The molecule has 0 saturated heterocycles. The molecule has 0 radical (unpaired) electrons. The van der Waals surface area contributed by atoms with E-state index in [4.69, 9.17) is 17.3 Å². The molecule has 0 unspecified atom stereocenters. The van der Waals surface area contributed by atoms with Crippen LogP contribution in [0.25, 0.3) is 0 Å². The Morgan fingerprint density at radius 1 is 1.58 bits per heavy atom. The average Bonchev–Trinajstić information content (AvgIpc) is 2.36. The Labute approximate surface area is 119 Å². The van der Waals surface area contributed by atoms with E-state index in [-0.39, 0.29) is 11.7 Å². The quantitative estimate of drug-likeness (QED) is 0.781. The number of carbonyl (C=O) groups is 1. The average molecular weight is 285 g/mol. The number of nitrogens with one attached hydrogen (secondary N) is 1. The first-order valence-electron chi connectivity index (χ1n) is 6.31. The van der Waals surface area contributed by atoms with Gasteiger partial charge in [-0.05, 0) is 39.9 Å². The lowest BCUT2D eigenvalue weighted by molar-refractivity contribution is 0.0951. The number of aromatic nitrogens is 1. The number of halogens is 1. The van der Waals surface area contributed by atoms with Crippen LogP contribution < -0.4 is 11.1 Å². The van der Waals surface area contributed by atoms with E-state index in [1.54, 1.807) is 0 Å². The zero-order valence-corrected chi connectivity index (χ0v) is 12.4. The molecule has 0 atom stereocenters. The standard InChI is InChI=1S/C13H21ClN4O/c1-9(2)18(3)6-4-5-16-13(19)10-7-12(15)17-8-11(10)14/h7-9H,4-6H2,1-3H3,(H2,15,17)(H,16,19). The molecule has 0 bridgehead atoms. The number of nitrogens with two attached hydrogens (primary N) is 1. The summed E-state index contributed by atoms with van der Waals surface area (Å²) in [5.74, 6) is 0.0698. The van der Waals surface area contributed by atoms with Crippen LogP contribution in [0.5, 0.6) is 0 Å². The van der Waals surface area contributed by atoms with Crippen molar-refractivity contribution in [1.29, 1.82) is 0 Å². The maximum atomic E-state index is 11.9. The zero-order valence-electron chi connectivity index (χ0n) is 11.6. The second-order valence-corrected chi connectivity index (χ2v) is 5.18. The van der Waals surface area contributed by atoms with Gasteiger partial charge in [-0.25, -0.2) is 4.98 Å². The van der Waals surface area contributed by atoms with Gasteiger partial charge in [0.1, 0.15) is 5.82 Å². The number of nitrogens with zero attached hydrogens (tertiary/aromatic N) is 2. The first-order chi connectivity index (χ1) is 8.91. The van der Waals surface area contributed by atoms with Crippen molar-refractivity contribution in [2.24, 2.45) is 0 Å². The minimum absolute atomic E-state index is 0.216. The lowest BCUT2D eigenvalue weighted by atomic mass is 10.2. The lowest BCUT2D eigenvalue weighted by Gasteiger charge is -2.20. The van der Waals surface area contributed by atoms with Crippen molar-refractivity contribution in [2.75, 3.05) is 25.9 Å². The summed E-state index contributed by atoms with van der Waals surface area (Å²) >= 11 is 5.91. The molecule has 0 aliphatic rings. The minimum Gasteiger partial charge on any atom is -0.384 e. The molecule has 0 aliphatic carbocycles. The van der Waals surface area contributed by atoms with E-state index in [1.807, 2.05) is 0 Å². The van der Waals surface area contributed by atoms with Crippen molar-refractivity contribution in [3.05, 3.63) is 22.8 Å². The number of carbonyl (C=O) groups excluding carboxylic acids is 1. The van der Waals surface area contributed by atoms with Crippen molar-refractivity contribution in [1.82, 2.24) is 15.2 Å². The summed E-state index contributed by atoms with van der Waals surface area (Å²) in [7, 11) is 2.06. The Morgan fingerprint density at radius 2 is 2.26 bits per heavy atom. The number of hydrogen-bond donors (Lipinski definition) is 2. The predicted molar refractivity (Wildman–Crippen MR) is 78.4 cm³/mol. The molecular formula is C13H21ClN4O. The monoisotopic (exact) mass is 284 g/mol. The molecule has 0 saturated carbocycles. The van der Waals surface area contributed by atoms with Crippen LogP contribution in [0, 0.1) is 0 Å². The molecule has 0 aliphatic heterocycles. The van der Waals surface area contributed by atoms with Crippen molar-refractivity contribution >= 4 is 23.3 Å². The number of nitrogen functional groups attached to an aromatic ring is 1. The van der Waals surface area contributed by atoms with E-state index >= 15 is 0 Å². The van der Waals surface area contributed by atoms with Gasteiger partial charge in [0.05, 0.1) is 10.6 Å². The van der Waals surface area contributed by atoms with Gasteiger partial charge in [0, 0.05) is 18.8 Å². The summed E-state index contributed by atoms with van der Waals surface area (Å²) in [5.41, 5.74) is 5.90. The van der Waals surface area contributed by atoms with Crippen molar-refractivity contribution < 1.29 is 4.79 Å². The van der Waals surface area contributed by atoms with Gasteiger partial charge in [0.15, 0.2) is 0 Å². The Morgan fingerprint density at radius 3 is 2.89 bits per heavy atom. The summed E-state index contributed by atoms with van der Waals surface area (Å²) in [6, 6.07) is 1.99.